The molecule has 1 aliphatic heterocycles. The zero-order valence-corrected chi connectivity index (χ0v) is 11.7. The normalized spacial score (nSPS) is 18.5. The van der Waals surface area contributed by atoms with Crippen LogP contribution in [0.2, 0.25) is 0 Å². The minimum absolute atomic E-state index is 0.0274. The number of nitrogens with zero attached hydrogens (tertiary/aromatic N) is 3. The molecule has 0 aliphatic carbocycles. The van der Waals surface area contributed by atoms with E-state index >= 15 is 0 Å². The van der Waals surface area contributed by atoms with Gasteiger partial charge in [-0.15, -0.1) is 0 Å². The van der Waals surface area contributed by atoms with Gasteiger partial charge in [0.05, 0.1) is 4.47 Å². The summed E-state index contributed by atoms with van der Waals surface area (Å²) in [5.74, 6) is 0.366. The van der Waals surface area contributed by atoms with Crippen molar-refractivity contribution in [2.24, 2.45) is 0 Å². The highest BCUT2D eigenvalue weighted by molar-refractivity contribution is 9.10. The maximum absolute atomic E-state index is 13.0. The van der Waals surface area contributed by atoms with Crippen LogP contribution < -0.4 is 5.32 Å². The van der Waals surface area contributed by atoms with Gasteiger partial charge in [-0.1, -0.05) is 0 Å². The molecule has 0 bridgehead atoms. The molecular weight excluding hydrogens is 337 g/mol. The predicted molar refractivity (Wildman–Crippen MR) is 71.4 cm³/mol. The molecule has 0 saturated carbocycles. The maximum Gasteiger partial charge on any atom is 0.410 e. The van der Waals surface area contributed by atoms with Crippen molar-refractivity contribution in [3.8, 4) is 11.3 Å². The fourth-order valence-electron chi connectivity index (χ4n) is 2.24. The highest BCUT2D eigenvalue weighted by atomic mass is 79.9. The third kappa shape index (κ3) is 2.17. The van der Waals surface area contributed by atoms with E-state index in [2.05, 4.69) is 31.3 Å². The number of aromatic nitrogens is 3. The van der Waals surface area contributed by atoms with E-state index in [4.69, 9.17) is 0 Å². The third-order valence-corrected chi connectivity index (χ3v) is 3.94. The van der Waals surface area contributed by atoms with Gasteiger partial charge < -0.3 is 5.32 Å². The van der Waals surface area contributed by atoms with Crippen molar-refractivity contribution in [1.29, 1.82) is 0 Å². The fourth-order valence-corrected chi connectivity index (χ4v) is 2.87. The van der Waals surface area contributed by atoms with Gasteiger partial charge in [0.1, 0.15) is 11.5 Å². The Kier molecular flexibility index (Phi) is 3.19. The van der Waals surface area contributed by atoms with E-state index in [9.17, 15) is 13.2 Å². The highest BCUT2D eigenvalue weighted by Gasteiger charge is 2.44. The smallest absolute Gasteiger partial charge is 0.369 e. The Labute approximate surface area is 121 Å². The average Bonchev–Trinajstić information content (AvgIpc) is 2.76. The molecular formula is C12H10BrF3N4. The minimum atomic E-state index is -4.31. The number of hydrogen-bond donors (Lipinski definition) is 1. The van der Waals surface area contributed by atoms with Gasteiger partial charge in [0, 0.05) is 24.5 Å². The zero-order chi connectivity index (χ0) is 14.3. The molecule has 0 spiro atoms. The molecule has 20 heavy (non-hydrogen) atoms. The molecule has 3 heterocycles. The van der Waals surface area contributed by atoms with Crippen LogP contribution in [0.15, 0.2) is 29.0 Å². The molecule has 0 aromatic carbocycles. The van der Waals surface area contributed by atoms with Gasteiger partial charge in [-0.25, -0.2) is 4.68 Å². The van der Waals surface area contributed by atoms with E-state index in [1.807, 2.05) is 0 Å². The Morgan fingerprint density at radius 3 is 2.65 bits per heavy atom. The minimum Gasteiger partial charge on any atom is -0.369 e. The Morgan fingerprint density at radius 2 is 2.00 bits per heavy atom. The number of rotatable bonds is 1. The van der Waals surface area contributed by atoms with Gasteiger partial charge in [-0.2, -0.15) is 18.3 Å². The van der Waals surface area contributed by atoms with Crippen LogP contribution in [0.4, 0.5) is 19.0 Å². The fraction of sp³-hybridized carbons (Fsp3) is 0.333. The number of pyridine rings is 1. The number of nitrogens with one attached hydrogen (secondary N) is 1. The second-order valence-corrected chi connectivity index (χ2v) is 5.26. The molecule has 1 unspecified atom stereocenters. The first-order valence-corrected chi connectivity index (χ1v) is 6.77. The highest BCUT2D eigenvalue weighted by Crippen LogP contribution is 2.42. The second kappa shape index (κ2) is 4.76. The van der Waals surface area contributed by atoms with Crippen molar-refractivity contribution in [3.63, 3.8) is 0 Å². The van der Waals surface area contributed by atoms with Crippen LogP contribution in [0.25, 0.3) is 11.3 Å². The van der Waals surface area contributed by atoms with Crippen LogP contribution in [0.5, 0.6) is 0 Å². The van der Waals surface area contributed by atoms with Gasteiger partial charge in [0.15, 0.2) is 6.04 Å². The van der Waals surface area contributed by atoms with E-state index in [0.717, 1.165) is 10.2 Å². The van der Waals surface area contributed by atoms with E-state index in [1.54, 1.807) is 24.5 Å². The lowest BCUT2D eigenvalue weighted by molar-refractivity contribution is -0.171. The summed E-state index contributed by atoms with van der Waals surface area (Å²) in [6.07, 6.45) is -1.18. The quantitative estimate of drug-likeness (QED) is 0.857. The van der Waals surface area contributed by atoms with Crippen LogP contribution in [0, 0.1) is 0 Å². The number of fused-ring (bicyclic) bond motifs is 1. The van der Waals surface area contributed by atoms with Crippen molar-refractivity contribution in [1.82, 2.24) is 14.8 Å². The first-order valence-electron chi connectivity index (χ1n) is 5.97. The molecule has 4 nitrogen and oxygen atoms in total. The third-order valence-electron chi connectivity index (χ3n) is 3.19. The summed E-state index contributed by atoms with van der Waals surface area (Å²) in [7, 11) is 0. The van der Waals surface area contributed by atoms with E-state index in [0.29, 0.717) is 16.0 Å². The lowest BCUT2D eigenvalue weighted by Crippen LogP contribution is -2.34. The van der Waals surface area contributed by atoms with Crippen LogP contribution in [0.1, 0.15) is 12.5 Å². The molecule has 0 amide bonds. The monoisotopic (exact) mass is 346 g/mol. The Hall–Kier alpha value is -1.57. The number of hydrogen-bond acceptors (Lipinski definition) is 3. The lowest BCUT2D eigenvalue weighted by Gasteiger charge is -2.27. The molecule has 2 aromatic rings. The topological polar surface area (TPSA) is 42.7 Å². The van der Waals surface area contributed by atoms with Gasteiger partial charge >= 0.3 is 6.18 Å². The number of anilines is 1. The molecule has 3 rings (SSSR count). The van der Waals surface area contributed by atoms with Crippen molar-refractivity contribution >= 4 is 21.7 Å². The first-order chi connectivity index (χ1) is 9.48. The Balaban J connectivity index is 2.12. The second-order valence-electron chi connectivity index (χ2n) is 4.46. The molecule has 1 N–H and O–H groups in total. The summed E-state index contributed by atoms with van der Waals surface area (Å²) >= 11 is 3.33. The van der Waals surface area contributed by atoms with Crippen LogP contribution in [0.3, 0.4) is 0 Å². The lowest BCUT2D eigenvalue weighted by atomic mass is 10.1. The summed E-state index contributed by atoms with van der Waals surface area (Å²) in [4.78, 5) is 3.89. The molecule has 8 heteroatoms. The van der Waals surface area contributed by atoms with Crippen molar-refractivity contribution < 1.29 is 13.2 Å². The van der Waals surface area contributed by atoms with Crippen LogP contribution >= 0.6 is 15.9 Å². The average molecular weight is 347 g/mol. The van der Waals surface area contributed by atoms with Crippen LogP contribution in [-0.4, -0.2) is 27.5 Å². The zero-order valence-electron chi connectivity index (χ0n) is 10.2. The Bertz CT molecular complexity index is 624. The van der Waals surface area contributed by atoms with Crippen LogP contribution in [-0.2, 0) is 0 Å². The Morgan fingerprint density at radius 1 is 1.30 bits per heavy atom. The van der Waals surface area contributed by atoms with Crippen molar-refractivity contribution in [3.05, 3.63) is 29.0 Å². The molecule has 106 valence electrons. The SMILES string of the molecule is FC(F)(F)C1CCNc2c(Br)c(-c3ccncc3)nn21. The molecule has 0 saturated heterocycles. The van der Waals surface area contributed by atoms with Gasteiger partial charge in [0.25, 0.3) is 0 Å². The molecule has 2 aromatic heterocycles. The van der Waals surface area contributed by atoms with Crippen molar-refractivity contribution in [2.75, 3.05) is 11.9 Å². The summed E-state index contributed by atoms with van der Waals surface area (Å²) in [5.41, 5.74) is 1.20. The molecule has 0 radical (unpaired) electrons. The van der Waals surface area contributed by atoms with Gasteiger partial charge in [-0.3, -0.25) is 4.98 Å². The summed E-state index contributed by atoms with van der Waals surface area (Å²) < 4.78 is 40.7. The summed E-state index contributed by atoms with van der Waals surface area (Å²) in [5, 5.41) is 7.09. The van der Waals surface area contributed by atoms with Crippen molar-refractivity contribution in [2.45, 2.75) is 18.6 Å². The standard InChI is InChI=1S/C12H10BrF3N4/c13-9-10(7-1-4-17-5-2-7)19-20-8(12(14,15)16)3-6-18-11(9)20/h1-2,4-5,8,18H,3,6H2. The van der Waals surface area contributed by atoms with Gasteiger partial charge in [-0.05, 0) is 34.5 Å². The number of alkyl halides is 3. The van der Waals surface area contributed by atoms with E-state index < -0.39 is 12.2 Å². The van der Waals surface area contributed by atoms with E-state index in [1.165, 1.54) is 0 Å². The maximum atomic E-state index is 13.0. The van der Waals surface area contributed by atoms with Gasteiger partial charge in [0.2, 0.25) is 0 Å². The molecule has 0 fully saturated rings. The summed E-state index contributed by atoms with van der Waals surface area (Å²) in [6, 6.07) is 1.83. The van der Waals surface area contributed by atoms with E-state index in [-0.39, 0.29) is 13.0 Å². The molecule has 1 aliphatic rings. The number of halogens is 4. The first kappa shape index (κ1) is 13.4. The predicted octanol–water partition coefficient (Wildman–Crippen LogP) is 3.63. The molecule has 1 atom stereocenters. The largest absolute Gasteiger partial charge is 0.410 e. The summed E-state index contributed by atoms with van der Waals surface area (Å²) in [6.45, 7) is 0.268.